The molecule has 3 heteroatoms. The van der Waals surface area contributed by atoms with Gasteiger partial charge in [0, 0.05) is 19.3 Å². The zero-order valence-corrected chi connectivity index (χ0v) is 9.42. The van der Waals surface area contributed by atoms with Gasteiger partial charge in [0.05, 0.1) is 5.57 Å². The van der Waals surface area contributed by atoms with Crippen molar-refractivity contribution < 1.29 is 9.90 Å². The monoisotopic (exact) mass is 199 g/mol. The first kappa shape index (κ1) is 13.0. The molecule has 0 radical (unpaired) electrons. The number of rotatable bonds is 7. The van der Waals surface area contributed by atoms with Crippen LogP contribution in [0.25, 0.3) is 0 Å². The number of aliphatic carboxylic acids is 1. The Kier molecular flexibility index (Phi) is 6.89. The maximum Gasteiger partial charge on any atom is 0.333 e. The fourth-order valence-corrected chi connectivity index (χ4v) is 1.22. The van der Waals surface area contributed by atoms with Crippen molar-refractivity contribution in [1.82, 2.24) is 4.90 Å². The fraction of sp³-hybridized carbons (Fsp3) is 0.727. The van der Waals surface area contributed by atoms with Crippen molar-refractivity contribution in [3.8, 4) is 0 Å². The molecule has 3 nitrogen and oxygen atoms in total. The van der Waals surface area contributed by atoms with Crippen LogP contribution in [-0.4, -0.2) is 29.1 Å². The van der Waals surface area contributed by atoms with Crippen LogP contribution in [0.1, 0.15) is 40.0 Å². The Labute approximate surface area is 86.4 Å². The van der Waals surface area contributed by atoms with Gasteiger partial charge in [0.15, 0.2) is 0 Å². The van der Waals surface area contributed by atoms with Gasteiger partial charge in [-0.15, -0.1) is 0 Å². The predicted molar refractivity (Wildman–Crippen MR) is 58.2 cm³/mol. The molecule has 82 valence electrons. The second-order valence-electron chi connectivity index (χ2n) is 3.28. The van der Waals surface area contributed by atoms with Gasteiger partial charge >= 0.3 is 5.97 Å². The van der Waals surface area contributed by atoms with Crippen LogP contribution < -0.4 is 0 Å². The van der Waals surface area contributed by atoms with Crippen LogP contribution in [0.4, 0.5) is 0 Å². The summed E-state index contributed by atoms with van der Waals surface area (Å²) >= 11 is 0. The molecule has 1 N–H and O–H groups in total. The topological polar surface area (TPSA) is 40.5 Å². The fourth-order valence-electron chi connectivity index (χ4n) is 1.22. The van der Waals surface area contributed by atoms with Gasteiger partial charge < -0.3 is 10.0 Å². The number of carboxylic acids is 1. The number of hydrogen-bond donors (Lipinski definition) is 1. The van der Waals surface area contributed by atoms with Crippen LogP contribution in [0, 0.1) is 0 Å². The molecule has 0 fully saturated rings. The summed E-state index contributed by atoms with van der Waals surface area (Å²) in [7, 11) is 0. The summed E-state index contributed by atoms with van der Waals surface area (Å²) in [6, 6.07) is 0. The van der Waals surface area contributed by atoms with E-state index < -0.39 is 5.97 Å². The standard InChI is InChI=1S/C11H21NO2/c1-4-7-8-10(11(13)14)9-12(5-2)6-3/h9H,4-8H2,1-3H3,(H,13,14). The Morgan fingerprint density at radius 2 is 1.86 bits per heavy atom. The average molecular weight is 199 g/mol. The van der Waals surface area contributed by atoms with E-state index in [1.54, 1.807) is 6.20 Å². The first-order chi connectivity index (χ1) is 6.65. The second kappa shape index (κ2) is 7.42. The number of carboxylic acid groups (broad SMARTS) is 1. The molecule has 14 heavy (non-hydrogen) atoms. The summed E-state index contributed by atoms with van der Waals surface area (Å²) in [5.74, 6) is -0.787. The third-order valence-electron chi connectivity index (χ3n) is 2.23. The SMILES string of the molecule is CCCCC(=CN(CC)CC)C(=O)O. The lowest BCUT2D eigenvalue weighted by atomic mass is 10.1. The molecular formula is C11H21NO2. The van der Waals surface area contributed by atoms with Crippen molar-refractivity contribution in [3.63, 3.8) is 0 Å². The quantitative estimate of drug-likeness (QED) is 0.640. The zero-order valence-electron chi connectivity index (χ0n) is 9.42. The van der Waals surface area contributed by atoms with Crippen LogP contribution in [0.5, 0.6) is 0 Å². The van der Waals surface area contributed by atoms with E-state index in [1.165, 1.54) is 0 Å². The molecule has 0 aromatic carbocycles. The smallest absolute Gasteiger partial charge is 0.333 e. The molecule has 0 heterocycles. The molecule has 0 unspecified atom stereocenters. The van der Waals surface area contributed by atoms with E-state index in [1.807, 2.05) is 18.7 Å². The van der Waals surface area contributed by atoms with Gasteiger partial charge in [-0.1, -0.05) is 13.3 Å². The lowest BCUT2D eigenvalue weighted by molar-refractivity contribution is -0.132. The van der Waals surface area contributed by atoms with Gasteiger partial charge in [-0.3, -0.25) is 0 Å². The molecule has 0 aliphatic heterocycles. The van der Waals surface area contributed by atoms with Crippen LogP contribution in [-0.2, 0) is 4.79 Å². The summed E-state index contributed by atoms with van der Waals surface area (Å²) in [4.78, 5) is 12.9. The summed E-state index contributed by atoms with van der Waals surface area (Å²) in [5, 5.41) is 8.94. The molecule has 0 saturated carbocycles. The Morgan fingerprint density at radius 1 is 1.29 bits per heavy atom. The molecule has 0 aromatic heterocycles. The molecule has 0 aliphatic rings. The highest BCUT2D eigenvalue weighted by Crippen LogP contribution is 2.08. The Morgan fingerprint density at radius 3 is 2.21 bits per heavy atom. The van der Waals surface area contributed by atoms with Gasteiger partial charge in [-0.05, 0) is 26.7 Å². The lowest BCUT2D eigenvalue weighted by Gasteiger charge is -2.16. The van der Waals surface area contributed by atoms with Gasteiger partial charge in [0.2, 0.25) is 0 Å². The maximum absolute atomic E-state index is 10.9. The third kappa shape index (κ3) is 4.90. The van der Waals surface area contributed by atoms with E-state index in [2.05, 4.69) is 6.92 Å². The molecule has 0 amide bonds. The Balaban J connectivity index is 4.37. The second-order valence-corrected chi connectivity index (χ2v) is 3.28. The Bertz CT molecular complexity index is 195. The molecule has 0 rings (SSSR count). The van der Waals surface area contributed by atoms with Crippen LogP contribution in [0.2, 0.25) is 0 Å². The molecule has 0 bridgehead atoms. The first-order valence-corrected chi connectivity index (χ1v) is 5.33. The predicted octanol–water partition coefficient (Wildman–Crippen LogP) is 2.49. The van der Waals surface area contributed by atoms with Crippen LogP contribution in [0.15, 0.2) is 11.8 Å². The Hall–Kier alpha value is -0.990. The van der Waals surface area contributed by atoms with E-state index >= 15 is 0 Å². The van der Waals surface area contributed by atoms with E-state index in [0.29, 0.717) is 12.0 Å². The van der Waals surface area contributed by atoms with E-state index in [-0.39, 0.29) is 0 Å². The molecular weight excluding hydrogens is 178 g/mol. The van der Waals surface area contributed by atoms with E-state index in [4.69, 9.17) is 5.11 Å². The van der Waals surface area contributed by atoms with Crippen molar-refractivity contribution in [2.75, 3.05) is 13.1 Å². The highest BCUT2D eigenvalue weighted by atomic mass is 16.4. The minimum atomic E-state index is -0.787. The van der Waals surface area contributed by atoms with E-state index in [9.17, 15) is 4.79 Å². The van der Waals surface area contributed by atoms with Crippen LogP contribution in [0.3, 0.4) is 0 Å². The summed E-state index contributed by atoms with van der Waals surface area (Å²) in [6.45, 7) is 7.84. The highest BCUT2D eigenvalue weighted by molar-refractivity contribution is 5.86. The molecule has 0 aliphatic carbocycles. The number of nitrogens with zero attached hydrogens (tertiary/aromatic N) is 1. The molecule has 0 saturated heterocycles. The normalized spacial score (nSPS) is 11.5. The first-order valence-electron chi connectivity index (χ1n) is 5.33. The average Bonchev–Trinajstić information content (AvgIpc) is 2.18. The van der Waals surface area contributed by atoms with Gasteiger partial charge in [0.25, 0.3) is 0 Å². The summed E-state index contributed by atoms with van der Waals surface area (Å²) in [5.41, 5.74) is 0.524. The summed E-state index contributed by atoms with van der Waals surface area (Å²) < 4.78 is 0. The maximum atomic E-state index is 10.9. The molecule has 0 atom stereocenters. The van der Waals surface area contributed by atoms with Crippen molar-refractivity contribution in [2.45, 2.75) is 40.0 Å². The number of carbonyl (C=O) groups is 1. The zero-order chi connectivity index (χ0) is 11.0. The van der Waals surface area contributed by atoms with Crippen molar-refractivity contribution in [1.29, 1.82) is 0 Å². The summed E-state index contributed by atoms with van der Waals surface area (Å²) in [6.07, 6.45) is 4.42. The van der Waals surface area contributed by atoms with Gasteiger partial charge in [-0.2, -0.15) is 0 Å². The third-order valence-corrected chi connectivity index (χ3v) is 2.23. The minimum Gasteiger partial charge on any atom is -0.478 e. The number of hydrogen-bond acceptors (Lipinski definition) is 2. The highest BCUT2D eigenvalue weighted by Gasteiger charge is 2.07. The molecule has 0 spiro atoms. The van der Waals surface area contributed by atoms with Crippen LogP contribution >= 0.6 is 0 Å². The lowest BCUT2D eigenvalue weighted by Crippen LogP contribution is -2.18. The minimum absolute atomic E-state index is 0.524. The van der Waals surface area contributed by atoms with Crippen molar-refractivity contribution >= 4 is 5.97 Å². The largest absolute Gasteiger partial charge is 0.478 e. The van der Waals surface area contributed by atoms with Gasteiger partial charge in [0.1, 0.15) is 0 Å². The van der Waals surface area contributed by atoms with E-state index in [0.717, 1.165) is 25.9 Å². The van der Waals surface area contributed by atoms with Crippen molar-refractivity contribution in [2.24, 2.45) is 0 Å². The molecule has 0 aromatic rings. The van der Waals surface area contributed by atoms with Gasteiger partial charge in [-0.25, -0.2) is 4.79 Å². The van der Waals surface area contributed by atoms with Crippen molar-refractivity contribution in [3.05, 3.63) is 11.8 Å². The number of unbranched alkanes of at least 4 members (excludes halogenated alkanes) is 1.